The Kier molecular flexibility index (Phi) is 6.83. The standard InChI is InChI=1S/C13H20ClNO3/c1-2-3-4-5-8-15(9-10-16)13(17)11-6-7-12(14)18-11/h6-7,16H,2-5,8-10H2,1H3. The predicted molar refractivity (Wildman–Crippen MR) is 70.8 cm³/mol. The highest BCUT2D eigenvalue weighted by Crippen LogP contribution is 2.15. The van der Waals surface area contributed by atoms with Crippen LogP contribution >= 0.6 is 11.6 Å². The molecule has 0 unspecified atom stereocenters. The van der Waals surface area contributed by atoms with Crippen LogP contribution in [0.4, 0.5) is 0 Å². The average Bonchev–Trinajstić information content (AvgIpc) is 2.79. The molecule has 0 spiro atoms. The van der Waals surface area contributed by atoms with E-state index < -0.39 is 0 Å². The van der Waals surface area contributed by atoms with Crippen LogP contribution in [0, 0.1) is 0 Å². The number of hydrogen-bond donors (Lipinski definition) is 1. The van der Waals surface area contributed by atoms with Crippen LogP contribution in [0.1, 0.15) is 43.2 Å². The first-order valence-corrected chi connectivity index (χ1v) is 6.72. The molecule has 1 heterocycles. The summed E-state index contributed by atoms with van der Waals surface area (Å²) in [6.45, 7) is 3.05. The summed E-state index contributed by atoms with van der Waals surface area (Å²) in [5.41, 5.74) is 0. The van der Waals surface area contributed by atoms with Crippen molar-refractivity contribution in [3.8, 4) is 0 Å². The molecule has 1 amide bonds. The van der Waals surface area contributed by atoms with Gasteiger partial charge in [0.25, 0.3) is 5.91 Å². The van der Waals surface area contributed by atoms with Gasteiger partial charge in [0.1, 0.15) is 0 Å². The minimum Gasteiger partial charge on any atom is -0.440 e. The van der Waals surface area contributed by atoms with E-state index in [-0.39, 0.29) is 23.5 Å². The summed E-state index contributed by atoms with van der Waals surface area (Å²) in [5.74, 6) is 0.0105. The molecule has 0 atom stereocenters. The Balaban J connectivity index is 2.52. The number of hydrogen-bond acceptors (Lipinski definition) is 3. The number of aliphatic hydroxyl groups excluding tert-OH is 1. The van der Waals surface area contributed by atoms with Crippen LogP contribution in [-0.2, 0) is 0 Å². The molecule has 102 valence electrons. The molecule has 1 aromatic rings. The lowest BCUT2D eigenvalue weighted by Gasteiger charge is -2.20. The molecule has 0 aliphatic rings. The molecule has 0 fully saturated rings. The number of carbonyl (C=O) groups is 1. The van der Waals surface area contributed by atoms with Crippen LogP contribution in [-0.4, -0.2) is 35.6 Å². The van der Waals surface area contributed by atoms with Crippen molar-refractivity contribution in [2.45, 2.75) is 32.6 Å². The SMILES string of the molecule is CCCCCCN(CCO)C(=O)c1ccc(Cl)o1. The molecule has 0 bridgehead atoms. The van der Waals surface area contributed by atoms with E-state index in [9.17, 15) is 4.79 Å². The molecular formula is C13H20ClNO3. The fourth-order valence-electron chi connectivity index (χ4n) is 1.75. The number of unbranched alkanes of at least 4 members (excludes halogenated alkanes) is 3. The van der Waals surface area contributed by atoms with Gasteiger partial charge in [-0.05, 0) is 30.2 Å². The molecule has 0 saturated carbocycles. The number of carbonyl (C=O) groups excluding carboxylic acids is 1. The van der Waals surface area contributed by atoms with Crippen LogP contribution in [0.5, 0.6) is 0 Å². The zero-order valence-corrected chi connectivity index (χ0v) is 11.4. The topological polar surface area (TPSA) is 53.7 Å². The Hall–Kier alpha value is -1.00. The van der Waals surface area contributed by atoms with Crippen LogP contribution in [0.15, 0.2) is 16.5 Å². The van der Waals surface area contributed by atoms with Crippen LogP contribution < -0.4 is 0 Å². The highest BCUT2D eigenvalue weighted by atomic mass is 35.5. The van der Waals surface area contributed by atoms with E-state index in [1.807, 2.05) is 0 Å². The summed E-state index contributed by atoms with van der Waals surface area (Å²) in [5, 5.41) is 9.19. The van der Waals surface area contributed by atoms with Crippen molar-refractivity contribution in [3.05, 3.63) is 23.1 Å². The number of aliphatic hydroxyl groups is 1. The average molecular weight is 274 g/mol. The third-order valence-corrected chi connectivity index (χ3v) is 2.93. The zero-order chi connectivity index (χ0) is 13.4. The number of furan rings is 1. The maximum Gasteiger partial charge on any atom is 0.289 e. The predicted octanol–water partition coefficient (Wildman–Crippen LogP) is 2.95. The summed E-state index contributed by atoms with van der Waals surface area (Å²) < 4.78 is 5.09. The first-order valence-electron chi connectivity index (χ1n) is 6.34. The number of rotatable bonds is 8. The van der Waals surface area contributed by atoms with E-state index >= 15 is 0 Å². The Labute approximate surface area is 113 Å². The molecule has 4 nitrogen and oxygen atoms in total. The molecule has 18 heavy (non-hydrogen) atoms. The monoisotopic (exact) mass is 273 g/mol. The molecular weight excluding hydrogens is 254 g/mol. The Bertz CT molecular complexity index is 365. The van der Waals surface area contributed by atoms with E-state index in [0.29, 0.717) is 13.1 Å². The van der Waals surface area contributed by atoms with Crippen molar-refractivity contribution in [1.29, 1.82) is 0 Å². The molecule has 5 heteroatoms. The molecule has 1 aromatic heterocycles. The van der Waals surface area contributed by atoms with Gasteiger partial charge >= 0.3 is 0 Å². The Morgan fingerprint density at radius 1 is 1.33 bits per heavy atom. The minimum absolute atomic E-state index is 0.0477. The van der Waals surface area contributed by atoms with E-state index in [1.54, 1.807) is 17.0 Å². The van der Waals surface area contributed by atoms with Crippen molar-refractivity contribution >= 4 is 17.5 Å². The van der Waals surface area contributed by atoms with E-state index in [2.05, 4.69) is 6.92 Å². The summed E-state index contributed by atoms with van der Waals surface area (Å²) in [4.78, 5) is 13.7. The lowest BCUT2D eigenvalue weighted by molar-refractivity contribution is 0.0687. The maximum absolute atomic E-state index is 12.1. The quantitative estimate of drug-likeness (QED) is 0.741. The second-order valence-corrected chi connectivity index (χ2v) is 4.55. The highest BCUT2D eigenvalue weighted by Gasteiger charge is 2.18. The van der Waals surface area contributed by atoms with Crippen molar-refractivity contribution < 1.29 is 14.3 Å². The maximum atomic E-state index is 12.1. The fourth-order valence-corrected chi connectivity index (χ4v) is 1.90. The smallest absolute Gasteiger partial charge is 0.289 e. The fraction of sp³-hybridized carbons (Fsp3) is 0.615. The molecule has 1 N–H and O–H groups in total. The molecule has 0 aliphatic carbocycles. The Morgan fingerprint density at radius 2 is 2.11 bits per heavy atom. The van der Waals surface area contributed by atoms with Crippen molar-refractivity contribution in [3.63, 3.8) is 0 Å². The van der Waals surface area contributed by atoms with Gasteiger partial charge in [0, 0.05) is 13.1 Å². The summed E-state index contributed by atoms with van der Waals surface area (Å²) in [6.07, 6.45) is 4.34. The first kappa shape index (κ1) is 15.1. The Morgan fingerprint density at radius 3 is 2.67 bits per heavy atom. The summed E-state index contributed by atoms with van der Waals surface area (Å²) in [7, 11) is 0. The molecule has 0 aromatic carbocycles. The van der Waals surface area contributed by atoms with Crippen molar-refractivity contribution in [2.75, 3.05) is 19.7 Å². The lowest BCUT2D eigenvalue weighted by atomic mass is 10.2. The van der Waals surface area contributed by atoms with Crippen LogP contribution in [0.25, 0.3) is 0 Å². The van der Waals surface area contributed by atoms with Crippen LogP contribution in [0.2, 0.25) is 5.22 Å². The lowest BCUT2D eigenvalue weighted by Crippen LogP contribution is -2.34. The van der Waals surface area contributed by atoms with Gasteiger partial charge in [0.2, 0.25) is 0 Å². The first-order chi connectivity index (χ1) is 8.69. The van der Waals surface area contributed by atoms with Crippen molar-refractivity contribution in [1.82, 2.24) is 4.90 Å². The van der Waals surface area contributed by atoms with Gasteiger partial charge in [0.15, 0.2) is 11.0 Å². The molecule has 0 aliphatic heterocycles. The zero-order valence-electron chi connectivity index (χ0n) is 10.7. The van der Waals surface area contributed by atoms with Crippen molar-refractivity contribution in [2.24, 2.45) is 0 Å². The van der Waals surface area contributed by atoms with Gasteiger partial charge in [-0.15, -0.1) is 0 Å². The largest absolute Gasteiger partial charge is 0.440 e. The summed E-state index contributed by atoms with van der Waals surface area (Å²) in [6, 6.07) is 3.10. The normalized spacial score (nSPS) is 10.6. The van der Waals surface area contributed by atoms with Gasteiger partial charge < -0.3 is 14.4 Å². The number of amides is 1. The second kappa shape index (κ2) is 8.16. The minimum atomic E-state index is -0.215. The molecule has 0 radical (unpaired) electrons. The van der Waals surface area contributed by atoms with Gasteiger partial charge in [-0.2, -0.15) is 0 Å². The van der Waals surface area contributed by atoms with E-state index in [0.717, 1.165) is 25.7 Å². The third-order valence-electron chi connectivity index (χ3n) is 2.72. The van der Waals surface area contributed by atoms with Gasteiger partial charge in [-0.3, -0.25) is 4.79 Å². The molecule has 1 rings (SSSR count). The van der Waals surface area contributed by atoms with E-state index in [4.69, 9.17) is 21.1 Å². The summed E-state index contributed by atoms with van der Waals surface area (Å²) >= 11 is 5.65. The van der Waals surface area contributed by atoms with E-state index in [1.165, 1.54) is 0 Å². The van der Waals surface area contributed by atoms with Gasteiger partial charge in [-0.1, -0.05) is 26.2 Å². The van der Waals surface area contributed by atoms with Crippen LogP contribution in [0.3, 0.4) is 0 Å². The van der Waals surface area contributed by atoms with Gasteiger partial charge in [-0.25, -0.2) is 0 Å². The number of halogens is 1. The van der Waals surface area contributed by atoms with Gasteiger partial charge in [0.05, 0.1) is 6.61 Å². The number of nitrogens with zero attached hydrogens (tertiary/aromatic N) is 1. The third kappa shape index (κ3) is 4.70. The highest BCUT2D eigenvalue weighted by molar-refractivity contribution is 6.29. The second-order valence-electron chi connectivity index (χ2n) is 4.18. The molecule has 0 saturated heterocycles.